The molecule has 0 aliphatic rings. The smallest absolute Gasteiger partial charge is 0.104 e. The molecule has 88 valence electrons. The van der Waals surface area contributed by atoms with Crippen LogP contribution in [0.15, 0.2) is 5.70 Å². The topological polar surface area (TPSA) is 37.8 Å². The molecule has 0 radical (unpaired) electrons. The van der Waals surface area contributed by atoms with E-state index in [2.05, 4.69) is 42.5 Å². The summed E-state index contributed by atoms with van der Waals surface area (Å²) in [5.41, 5.74) is 5.56. The highest BCUT2D eigenvalue weighted by atomic mass is 32.2. The summed E-state index contributed by atoms with van der Waals surface area (Å²) in [7, 11) is 1.93. The van der Waals surface area contributed by atoms with Crippen molar-refractivity contribution in [3.63, 3.8) is 0 Å². The third kappa shape index (κ3) is 2.38. The fraction of sp³-hybridized carbons (Fsp3) is 0.500. The van der Waals surface area contributed by atoms with Gasteiger partial charge in [0.15, 0.2) is 0 Å². The number of rotatable bonds is 3. The monoisotopic (exact) mass is 237 g/mol. The molecule has 0 fully saturated rings. The van der Waals surface area contributed by atoms with Crippen LogP contribution >= 0.6 is 11.8 Å². The van der Waals surface area contributed by atoms with E-state index in [1.807, 2.05) is 14.0 Å². The van der Waals surface area contributed by atoms with Gasteiger partial charge in [0.1, 0.15) is 5.69 Å². The number of nitrogens with zero attached hydrogens (tertiary/aromatic N) is 2. The van der Waals surface area contributed by atoms with Crippen molar-refractivity contribution in [2.75, 3.05) is 13.3 Å². The van der Waals surface area contributed by atoms with E-state index >= 15 is 0 Å². The van der Waals surface area contributed by atoms with Gasteiger partial charge in [0, 0.05) is 12.7 Å². The molecule has 1 aromatic heterocycles. The maximum atomic E-state index is 4.31. The maximum Gasteiger partial charge on any atom is 0.104 e. The number of hydrogen-bond acceptors (Lipinski definition) is 4. The van der Waals surface area contributed by atoms with Crippen LogP contribution in [0.2, 0.25) is 0 Å². The van der Waals surface area contributed by atoms with E-state index < -0.39 is 0 Å². The van der Waals surface area contributed by atoms with Gasteiger partial charge in [-0.2, -0.15) is 5.10 Å². The Balaban J connectivity index is 3.39. The minimum atomic E-state index is 0.988. The Kier molecular flexibility index (Phi) is 4.35. The van der Waals surface area contributed by atoms with Crippen molar-refractivity contribution in [1.29, 1.82) is 0 Å². The van der Waals surface area contributed by atoms with Gasteiger partial charge in [0.25, 0.3) is 0 Å². The molecule has 0 unspecified atom stereocenters. The number of aromatic nitrogens is 2. The highest BCUT2D eigenvalue weighted by Crippen LogP contribution is 2.29. The summed E-state index contributed by atoms with van der Waals surface area (Å²) in [6.07, 6.45) is 2.06. The molecular weight excluding hydrogens is 218 g/mol. The molecule has 0 amide bonds. The zero-order valence-corrected chi connectivity index (χ0v) is 11.6. The lowest BCUT2D eigenvalue weighted by Gasteiger charge is -2.13. The van der Waals surface area contributed by atoms with Gasteiger partial charge in [-0.15, -0.1) is 16.9 Å². The van der Waals surface area contributed by atoms with Gasteiger partial charge >= 0.3 is 0 Å². The van der Waals surface area contributed by atoms with E-state index in [1.54, 1.807) is 11.8 Å². The first-order valence-corrected chi connectivity index (χ1v) is 6.48. The van der Waals surface area contributed by atoms with Crippen molar-refractivity contribution in [2.24, 2.45) is 0 Å². The Hall–Kier alpha value is -1.03. The quantitative estimate of drug-likeness (QED) is 0.877. The van der Waals surface area contributed by atoms with Crippen molar-refractivity contribution in [3.05, 3.63) is 28.2 Å². The minimum Gasteiger partial charge on any atom is -0.391 e. The summed E-state index contributed by atoms with van der Waals surface area (Å²) < 4.78 is 0. The predicted molar refractivity (Wildman–Crippen MR) is 71.4 cm³/mol. The summed E-state index contributed by atoms with van der Waals surface area (Å²) in [5, 5.41) is 11.7. The van der Waals surface area contributed by atoms with Gasteiger partial charge in [0.2, 0.25) is 0 Å². The molecule has 3 nitrogen and oxygen atoms in total. The third-order valence-electron chi connectivity index (χ3n) is 2.90. The number of allylic oxidation sites excluding steroid dienone is 1. The third-order valence-corrected chi connectivity index (χ3v) is 3.80. The first-order valence-electron chi connectivity index (χ1n) is 5.26. The molecule has 0 atom stereocenters. The van der Waals surface area contributed by atoms with Crippen molar-refractivity contribution in [1.82, 2.24) is 15.5 Å². The van der Waals surface area contributed by atoms with E-state index in [4.69, 9.17) is 0 Å². The Morgan fingerprint density at radius 2 is 1.75 bits per heavy atom. The van der Waals surface area contributed by atoms with Crippen LogP contribution in [0.25, 0.3) is 4.91 Å². The number of nitrogens with one attached hydrogen (secondary N) is 1. The van der Waals surface area contributed by atoms with E-state index in [1.165, 1.54) is 11.1 Å². The second kappa shape index (κ2) is 5.34. The fourth-order valence-electron chi connectivity index (χ4n) is 1.48. The van der Waals surface area contributed by atoms with Crippen LogP contribution in [0.5, 0.6) is 0 Å². The summed E-state index contributed by atoms with van der Waals surface area (Å²) in [6, 6.07) is 0. The normalized spacial score (nSPS) is 12.4. The molecule has 1 rings (SSSR count). The lowest BCUT2D eigenvalue weighted by atomic mass is 10.1. The molecule has 16 heavy (non-hydrogen) atoms. The zero-order chi connectivity index (χ0) is 12.3. The first kappa shape index (κ1) is 13.0. The summed E-state index contributed by atoms with van der Waals surface area (Å²) >= 11 is 1.70. The van der Waals surface area contributed by atoms with Crippen molar-refractivity contribution < 1.29 is 0 Å². The van der Waals surface area contributed by atoms with Crippen LogP contribution < -0.4 is 5.32 Å². The first-order chi connectivity index (χ1) is 7.52. The Labute approximate surface area is 102 Å². The van der Waals surface area contributed by atoms with E-state index in [9.17, 15) is 0 Å². The van der Waals surface area contributed by atoms with E-state index in [0.29, 0.717) is 0 Å². The molecule has 0 saturated carbocycles. The molecule has 0 aliphatic heterocycles. The summed E-state index contributed by atoms with van der Waals surface area (Å²) in [6.45, 7) is 8.25. The number of hydrogen-bond donors (Lipinski definition) is 1. The molecule has 0 spiro atoms. The van der Waals surface area contributed by atoms with Crippen LogP contribution in [0.3, 0.4) is 0 Å². The van der Waals surface area contributed by atoms with E-state index in [0.717, 1.165) is 22.0 Å². The van der Waals surface area contributed by atoms with Crippen molar-refractivity contribution in [3.8, 4) is 0 Å². The lowest BCUT2D eigenvalue weighted by Crippen LogP contribution is -2.08. The largest absolute Gasteiger partial charge is 0.391 e. The minimum absolute atomic E-state index is 0.988. The maximum absolute atomic E-state index is 4.31. The molecule has 1 aromatic rings. The van der Waals surface area contributed by atoms with Gasteiger partial charge in [-0.05, 0) is 45.1 Å². The highest BCUT2D eigenvalue weighted by Gasteiger charge is 2.12. The van der Waals surface area contributed by atoms with Gasteiger partial charge in [0.05, 0.1) is 10.6 Å². The summed E-state index contributed by atoms with van der Waals surface area (Å²) in [5.74, 6) is 0. The second-order valence-electron chi connectivity index (χ2n) is 3.79. The summed E-state index contributed by atoms with van der Waals surface area (Å²) in [4.78, 5) is 1.16. The lowest BCUT2D eigenvalue weighted by molar-refractivity contribution is 0.924. The molecule has 0 aliphatic carbocycles. The number of thioether (sulfide) groups is 1. The number of aryl methyl sites for hydroxylation is 1. The molecule has 1 heterocycles. The average molecular weight is 237 g/mol. The Morgan fingerprint density at radius 1 is 1.12 bits per heavy atom. The van der Waals surface area contributed by atoms with Crippen molar-refractivity contribution >= 4 is 16.7 Å². The van der Waals surface area contributed by atoms with Crippen LogP contribution in [-0.4, -0.2) is 23.5 Å². The average Bonchev–Trinajstić information content (AvgIpc) is 2.29. The van der Waals surface area contributed by atoms with Gasteiger partial charge < -0.3 is 5.32 Å². The molecule has 0 saturated heterocycles. The molecule has 0 aromatic carbocycles. The Bertz CT molecular complexity index is 425. The predicted octanol–water partition coefficient (Wildman–Crippen LogP) is 2.67. The molecule has 1 N–H and O–H groups in total. The van der Waals surface area contributed by atoms with Gasteiger partial charge in [-0.1, -0.05) is 0 Å². The molecule has 4 heteroatoms. The highest BCUT2D eigenvalue weighted by molar-refractivity contribution is 8.07. The van der Waals surface area contributed by atoms with Crippen molar-refractivity contribution in [2.45, 2.75) is 27.7 Å². The van der Waals surface area contributed by atoms with Crippen LogP contribution in [-0.2, 0) is 0 Å². The van der Waals surface area contributed by atoms with E-state index in [-0.39, 0.29) is 0 Å². The van der Waals surface area contributed by atoms with Crippen LogP contribution in [0.1, 0.15) is 29.4 Å². The van der Waals surface area contributed by atoms with Gasteiger partial charge in [-0.25, -0.2) is 0 Å². The SMILES string of the molecule is CN/C(C)=C(\SC)c1nnc(C)c(C)c1C. The second-order valence-corrected chi connectivity index (χ2v) is 4.61. The fourth-order valence-corrected chi connectivity index (χ4v) is 2.28. The zero-order valence-electron chi connectivity index (χ0n) is 10.8. The van der Waals surface area contributed by atoms with Crippen LogP contribution in [0.4, 0.5) is 0 Å². The van der Waals surface area contributed by atoms with Gasteiger partial charge in [-0.3, -0.25) is 0 Å². The molecular formula is C12H19N3S. The standard InChI is InChI=1S/C12H19N3S/c1-7-8(2)11(15-14-9(7)3)12(16-6)10(4)13-5/h13H,1-6H3/b12-10-. The molecule has 0 bridgehead atoms. The van der Waals surface area contributed by atoms with Crippen LogP contribution in [0, 0.1) is 20.8 Å². The Morgan fingerprint density at radius 3 is 2.25 bits per heavy atom.